The highest BCUT2D eigenvalue weighted by molar-refractivity contribution is 6.32. The van der Waals surface area contributed by atoms with E-state index in [-0.39, 0.29) is 0 Å². The standard InChI is InChI=1S/C11H11ClN2/c1-2-3-6-14-10-5-4-9(8-13)11(12)7-10/h2-5,7,14H,6H2,1H3/b3-2+. The number of nitrogens with one attached hydrogen (secondary N) is 1. The Morgan fingerprint density at radius 2 is 2.36 bits per heavy atom. The molecule has 2 nitrogen and oxygen atoms in total. The molecule has 1 aromatic carbocycles. The maximum Gasteiger partial charge on any atom is 0.101 e. The Morgan fingerprint density at radius 1 is 1.57 bits per heavy atom. The third-order valence-electron chi connectivity index (χ3n) is 1.75. The third-order valence-corrected chi connectivity index (χ3v) is 2.06. The lowest BCUT2D eigenvalue weighted by atomic mass is 10.2. The lowest BCUT2D eigenvalue weighted by molar-refractivity contribution is 1.32. The molecular formula is C11H11ClN2. The maximum absolute atomic E-state index is 8.66. The normalized spacial score (nSPS) is 10.1. The van der Waals surface area contributed by atoms with Gasteiger partial charge in [0.25, 0.3) is 0 Å². The highest BCUT2D eigenvalue weighted by atomic mass is 35.5. The number of nitrogens with zero attached hydrogens (tertiary/aromatic N) is 1. The van der Waals surface area contributed by atoms with Gasteiger partial charge < -0.3 is 5.32 Å². The minimum absolute atomic E-state index is 0.484. The highest BCUT2D eigenvalue weighted by Gasteiger charge is 1.99. The van der Waals surface area contributed by atoms with Crippen LogP contribution in [0.1, 0.15) is 12.5 Å². The Hall–Kier alpha value is -1.46. The highest BCUT2D eigenvalue weighted by Crippen LogP contribution is 2.19. The van der Waals surface area contributed by atoms with E-state index < -0.39 is 0 Å². The molecule has 14 heavy (non-hydrogen) atoms. The molecular weight excluding hydrogens is 196 g/mol. The maximum atomic E-state index is 8.66. The van der Waals surface area contributed by atoms with Crippen molar-refractivity contribution in [1.82, 2.24) is 0 Å². The summed E-state index contributed by atoms with van der Waals surface area (Å²) in [6.07, 6.45) is 3.98. The fourth-order valence-electron chi connectivity index (χ4n) is 1.01. The van der Waals surface area contributed by atoms with Crippen molar-refractivity contribution in [2.75, 3.05) is 11.9 Å². The van der Waals surface area contributed by atoms with Gasteiger partial charge in [-0.3, -0.25) is 0 Å². The monoisotopic (exact) mass is 206 g/mol. The van der Waals surface area contributed by atoms with Crippen LogP contribution in [0.2, 0.25) is 5.02 Å². The fourth-order valence-corrected chi connectivity index (χ4v) is 1.23. The number of allylic oxidation sites excluding steroid dienone is 1. The average Bonchev–Trinajstić information content (AvgIpc) is 2.18. The molecule has 0 unspecified atom stereocenters. The summed E-state index contributed by atoms with van der Waals surface area (Å²) in [4.78, 5) is 0. The zero-order valence-corrected chi connectivity index (χ0v) is 8.67. The molecule has 1 aromatic rings. The van der Waals surface area contributed by atoms with Gasteiger partial charge in [-0.2, -0.15) is 5.26 Å². The minimum Gasteiger partial charge on any atom is -0.382 e. The van der Waals surface area contributed by atoms with Crippen LogP contribution in [0.3, 0.4) is 0 Å². The van der Waals surface area contributed by atoms with Crippen LogP contribution in [-0.2, 0) is 0 Å². The van der Waals surface area contributed by atoms with E-state index in [2.05, 4.69) is 5.32 Å². The zero-order valence-electron chi connectivity index (χ0n) is 7.92. The Balaban J connectivity index is 2.72. The summed E-state index contributed by atoms with van der Waals surface area (Å²) in [5.41, 5.74) is 1.43. The first kappa shape index (κ1) is 10.6. The first-order valence-electron chi connectivity index (χ1n) is 4.32. The van der Waals surface area contributed by atoms with Gasteiger partial charge in [-0.1, -0.05) is 23.8 Å². The SMILES string of the molecule is C/C=C/CNc1ccc(C#N)c(Cl)c1. The summed E-state index contributed by atoms with van der Waals surface area (Å²) in [6, 6.07) is 7.32. The predicted octanol–water partition coefficient (Wildman–Crippen LogP) is 3.20. The van der Waals surface area contributed by atoms with E-state index >= 15 is 0 Å². The van der Waals surface area contributed by atoms with E-state index in [1.165, 1.54) is 0 Å². The number of rotatable bonds is 3. The topological polar surface area (TPSA) is 35.8 Å². The molecule has 0 amide bonds. The van der Waals surface area contributed by atoms with Crippen molar-refractivity contribution in [3.63, 3.8) is 0 Å². The number of hydrogen-bond donors (Lipinski definition) is 1. The van der Waals surface area contributed by atoms with Gasteiger partial charge >= 0.3 is 0 Å². The van der Waals surface area contributed by atoms with Gasteiger partial charge in [-0.05, 0) is 25.1 Å². The summed E-state index contributed by atoms with van der Waals surface area (Å²) in [6.45, 7) is 2.73. The summed E-state index contributed by atoms with van der Waals surface area (Å²) in [5, 5.41) is 12.3. The predicted molar refractivity (Wildman–Crippen MR) is 59.5 cm³/mol. The van der Waals surface area contributed by atoms with Gasteiger partial charge in [0, 0.05) is 12.2 Å². The summed E-state index contributed by atoms with van der Waals surface area (Å²) < 4.78 is 0. The largest absolute Gasteiger partial charge is 0.382 e. The molecule has 72 valence electrons. The van der Waals surface area contributed by atoms with E-state index in [4.69, 9.17) is 16.9 Å². The van der Waals surface area contributed by atoms with Crippen molar-refractivity contribution in [2.45, 2.75) is 6.92 Å². The van der Waals surface area contributed by atoms with Crippen LogP contribution in [0.15, 0.2) is 30.4 Å². The van der Waals surface area contributed by atoms with Gasteiger partial charge in [-0.25, -0.2) is 0 Å². The number of anilines is 1. The van der Waals surface area contributed by atoms with Gasteiger partial charge in [0.15, 0.2) is 0 Å². The van der Waals surface area contributed by atoms with Gasteiger partial charge in [0.1, 0.15) is 6.07 Å². The van der Waals surface area contributed by atoms with E-state index in [1.807, 2.05) is 31.2 Å². The Bertz CT molecular complexity index is 377. The summed E-state index contributed by atoms with van der Waals surface area (Å²) >= 11 is 5.86. The van der Waals surface area contributed by atoms with Crippen molar-refractivity contribution in [2.24, 2.45) is 0 Å². The second kappa shape index (κ2) is 5.31. The Morgan fingerprint density at radius 3 is 2.93 bits per heavy atom. The van der Waals surface area contributed by atoms with Crippen LogP contribution in [-0.4, -0.2) is 6.54 Å². The van der Waals surface area contributed by atoms with Crippen molar-refractivity contribution in [1.29, 1.82) is 5.26 Å². The lowest BCUT2D eigenvalue weighted by Crippen LogP contribution is -1.97. The fraction of sp³-hybridized carbons (Fsp3) is 0.182. The minimum atomic E-state index is 0.484. The van der Waals surface area contributed by atoms with Gasteiger partial charge in [0.05, 0.1) is 10.6 Å². The van der Waals surface area contributed by atoms with Gasteiger partial charge in [0.2, 0.25) is 0 Å². The average molecular weight is 207 g/mol. The molecule has 0 saturated carbocycles. The second-order valence-corrected chi connectivity index (χ2v) is 3.16. The van der Waals surface area contributed by atoms with Crippen LogP contribution in [0.5, 0.6) is 0 Å². The number of benzene rings is 1. The molecule has 3 heteroatoms. The van der Waals surface area contributed by atoms with E-state index in [1.54, 1.807) is 12.1 Å². The van der Waals surface area contributed by atoms with Crippen LogP contribution < -0.4 is 5.32 Å². The molecule has 0 atom stereocenters. The molecule has 0 spiro atoms. The number of halogens is 1. The molecule has 1 rings (SSSR count). The zero-order chi connectivity index (χ0) is 10.4. The van der Waals surface area contributed by atoms with Gasteiger partial charge in [-0.15, -0.1) is 0 Å². The molecule has 0 aliphatic rings. The first-order chi connectivity index (χ1) is 6.77. The quantitative estimate of drug-likeness (QED) is 0.771. The van der Waals surface area contributed by atoms with Crippen LogP contribution in [0, 0.1) is 11.3 Å². The van der Waals surface area contributed by atoms with Crippen molar-refractivity contribution < 1.29 is 0 Å². The third kappa shape index (κ3) is 2.79. The van der Waals surface area contributed by atoms with E-state index in [0.29, 0.717) is 10.6 Å². The molecule has 0 aliphatic heterocycles. The van der Waals surface area contributed by atoms with Crippen LogP contribution >= 0.6 is 11.6 Å². The van der Waals surface area contributed by atoms with Crippen molar-refractivity contribution in [3.8, 4) is 6.07 Å². The van der Waals surface area contributed by atoms with Crippen LogP contribution in [0.25, 0.3) is 0 Å². The number of hydrogen-bond acceptors (Lipinski definition) is 2. The van der Waals surface area contributed by atoms with Crippen molar-refractivity contribution >= 4 is 17.3 Å². The Kier molecular flexibility index (Phi) is 4.03. The molecule has 0 heterocycles. The molecule has 0 radical (unpaired) electrons. The molecule has 0 aliphatic carbocycles. The van der Waals surface area contributed by atoms with E-state index in [0.717, 1.165) is 12.2 Å². The first-order valence-corrected chi connectivity index (χ1v) is 4.70. The summed E-state index contributed by atoms with van der Waals surface area (Å²) in [7, 11) is 0. The molecule has 0 bridgehead atoms. The molecule has 1 N–H and O–H groups in total. The summed E-state index contributed by atoms with van der Waals surface area (Å²) in [5.74, 6) is 0. The molecule has 0 fully saturated rings. The molecule has 0 saturated heterocycles. The Labute approximate surface area is 88.8 Å². The number of nitriles is 1. The smallest absolute Gasteiger partial charge is 0.101 e. The van der Waals surface area contributed by atoms with E-state index in [9.17, 15) is 0 Å². The second-order valence-electron chi connectivity index (χ2n) is 2.76. The van der Waals surface area contributed by atoms with Crippen LogP contribution in [0.4, 0.5) is 5.69 Å². The molecule has 0 aromatic heterocycles. The lowest BCUT2D eigenvalue weighted by Gasteiger charge is -2.03. The van der Waals surface area contributed by atoms with Crippen molar-refractivity contribution in [3.05, 3.63) is 40.9 Å².